The van der Waals surface area contributed by atoms with E-state index >= 15 is 0 Å². The van der Waals surface area contributed by atoms with Crippen LogP contribution in [-0.4, -0.2) is 9.55 Å². The minimum atomic E-state index is -0.235. The molecule has 0 aliphatic rings. The van der Waals surface area contributed by atoms with Crippen LogP contribution >= 0.6 is 15.9 Å². The minimum Gasteiger partial charge on any atom is -0.284 e. The highest BCUT2D eigenvalue weighted by Gasteiger charge is 1.97. The molecule has 0 radical (unpaired) electrons. The van der Waals surface area contributed by atoms with Crippen molar-refractivity contribution < 1.29 is 0 Å². The summed E-state index contributed by atoms with van der Waals surface area (Å²) in [6, 6.07) is 1.85. The predicted molar refractivity (Wildman–Crippen MR) is 41.8 cm³/mol. The number of nitrogens with zero attached hydrogens (tertiary/aromatic N) is 3. The van der Waals surface area contributed by atoms with Gasteiger partial charge in [-0.05, 0) is 15.9 Å². The molecule has 0 fully saturated rings. The van der Waals surface area contributed by atoms with Gasteiger partial charge in [-0.15, -0.1) is 0 Å². The van der Waals surface area contributed by atoms with Gasteiger partial charge in [0.05, 0.1) is 12.4 Å². The Bertz CT molecular complexity index is 352. The molecule has 11 heavy (non-hydrogen) atoms. The highest BCUT2D eigenvalue weighted by molar-refractivity contribution is 9.10. The maximum absolute atomic E-state index is 11.1. The van der Waals surface area contributed by atoms with Crippen molar-refractivity contribution in [2.45, 2.75) is 6.54 Å². The zero-order valence-electron chi connectivity index (χ0n) is 5.49. The summed E-state index contributed by atoms with van der Waals surface area (Å²) < 4.78 is 1.60. The number of halogens is 1. The second-order valence-electron chi connectivity index (χ2n) is 1.83. The van der Waals surface area contributed by atoms with Crippen LogP contribution in [0.15, 0.2) is 21.8 Å². The highest BCUT2D eigenvalue weighted by Crippen LogP contribution is 1.97. The summed E-state index contributed by atoms with van der Waals surface area (Å²) in [5.41, 5.74) is -0.235. The van der Waals surface area contributed by atoms with E-state index in [0.29, 0.717) is 4.47 Å². The number of aromatic nitrogens is 2. The molecule has 5 heteroatoms. The van der Waals surface area contributed by atoms with Gasteiger partial charge in [-0.2, -0.15) is 5.26 Å². The quantitative estimate of drug-likeness (QED) is 0.684. The van der Waals surface area contributed by atoms with E-state index in [1.807, 2.05) is 6.07 Å². The minimum absolute atomic E-state index is 0.0330. The smallest absolute Gasteiger partial charge is 0.268 e. The largest absolute Gasteiger partial charge is 0.284 e. The first-order valence-electron chi connectivity index (χ1n) is 2.82. The van der Waals surface area contributed by atoms with Crippen molar-refractivity contribution in [3.05, 3.63) is 27.4 Å². The molecular formula is C6H4BrN3O. The molecule has 1 aromatic rings. The van der Waals surface area contributed by atoms with Gasteiger partial charge in [-0.1, -0.05) is 0 Å². The Hall–Kier alpha value is -1.15. The van der Waals surface area contributed by atoms with E-state index in [4.69, 9.17) is 5.26 Å². The molecule has 0 saturated heterocycles. The molecule has 0 spiro atoms. The van der Waals surface area contributed by atoms with Gasteiger partial charge >= 0.3 is 0 Å². The van der Waals surface area contributed by atoms with E-state index in [2.05, 4.69) is 20.9 Å². The Balaban J connectivity index is 3.20. The summed E-state index contributed by atoms with van der Waals surface area (Å²) in [5, 5.41) is 8.28. The van der Waals surface area contributed by atoms with Crippen LogP contribution in [0.4, 0.5) is 0 Å². The number of hydrogen-bond acceptors (Lipinski definition) is 3. The van der Waals surface area contributed by atoms with Crippen LogP contribution in [-0.2, 0) is 6.54 Å². The molecule has 1 aromatic heterocycles. The molecule has 0 N–H and O–H groups in total. The summed E-state index contributed by atoms with van der Waals surface area (Å²) in [4.78, 5) is 14.8. The normalized spacial score (nSPS) is 9.09. The number of hydrogen-bond donors (Lipinski definition) is 0. The van der Waals surface area contributed by atoms with E-state index in [9.17, 15) is 4.79 Å². The molecule has 56 valence electrons. The fourth-order valence-electron chi connectivity index (χ4n) is 0.613. The van der Waals surface area contributed by atoms with E-state index in [1.54, 1.807) is 0 Å². The average Bonchev–Trinajstić information content (AvgIpc) is 1.99. The monoisotopic (exact) mass is 213 g/mol. The van der Waals surface area contributed by atoms with E-state index in [-0.39, 0.29) is 12.1 Å². The van der Waals surface area contributed by atoms with Crippen LogP contribution in [0.1, 0.15) is 0 Å². The van der Waals surface area contributed by atoms with Gasteiger partial charge in [0.1, 0.15) is 11.0 Å². The third kappa shape index (κ3) is 1.65. The molecule has 0 aliphatic heterocycles. The molecule has 4 nitrogen and oxygen atoms in total. The molecule has 0 amide bonds. The standard InChI is InChI=1S/C6H4BrN3O/c7-5-3-9-4-10(2-1-8)6(5)11/h3-4H,2H2. The zero-order valence-corrected chi connectivity index (χ0v) is 7.08. The van der Waals surface area contributed by atoms with Gasteiger partial charge in [0.2, 0.25) is 0 Å². The molecule has 0 aliphatic carbocycles. The van der Waals surface area contributed by atoms with Crippen LogP contribution in [0.2, 0.25) is 0 Å². The average molecular weight is 214 g/mol. The summed E-state index contributed by atoms with van der Waals surface area (Å²) in [7, 11) is 0. The molecule has 1 heterocycles. The van der Waals surface area contributed by atoms with Crippen molar-refractivity contribution in [2.75, 3.05) is 0 Å². The first-order chi connectivity index (χ1) is 5.25. The summed E-state index contributed by atoms with van der Waals surface area (Å²) in [5.74, 6) is 0. The fraction of sp³-hybridized carbons (Fsp3) is 0.167. The van der Waals surface area contributed by atoms with E-state index in [1.165, 1.54) is 17.1 Å². The maximum Gasteiger partial charge on any atom is 0.268 e. The molecular weight excluding hydrogens is 210 g/mol. The lowest BCUT2D eigenvalue weighted by molar-refractivity contribution is 0.756. The molecule has 0 aromatic carbocycles. The van der Waals surface area contributed by atoms with Gasteiger partial charge < -0.3 is 0 Å². The lowest BCUT2D eigenvalue weighted by atomic mass is 10.6. The highest BCUT2D eigenvalue weighted by atomic mass is 79.9. The molecule has 0 unspecified atom stereocenters. The SMILES string of the molecule is N#CCn1cncc(Br)c1=O. The van der Waals surface area contributed by atoms with Crippen molar-refractivity contribution in [1.29, 1.82) is 5.26 Å². The van der Waals surface area contributed by atoms with Gasteiger partial charge in [0.15, 0.2) is 0 Å². The molecule has 1 rings (SSSR count). The van der Waals surface area contributed by atoms with Crippen molar-refractivity contribution in [3.8, 4) is 6.07 Å². The Kier molecular flexibility index (Phi) is 2.39. The lowest BCUT2D eigenvalue weighted by Gasteiger charge is -1.96. The van der Waals surface area contributed by atoms with Crippen LogP contribution < -0.4 is 5.56 Å². The zero-order chi connectivity index (χ0) is 8.27. The second kappa shape index (κ2) is 3.30. The van der Waals surface area contributed by atoms with Crippen LogP contribution in [0.3, 0.4) is 0 Å². The Labute approximate surface area is 71.2 Å². The fourth-order valence-corrected chi connectivity index (χ4v) is 0.959. The molecule has 0 bridgehead atoms. The van der Waals surface area contributed by atoms with Gasteiger partial charge in [-0.3, -0.25) is 9.36 Å². The number of rotatable bonds is 1. The number of nitriles is 1. The van der Waals surface area contributed by atoms with Crippen LogP contribution in [0.25, 0.3) is 0 Å². The van der Waals surface area contributed by atoms with Crippen molar-refractivity contribution in [3.63, 3.8) is 0 Å². The van der Waals surface area contributed by atoms with Gasteiger partial charge in [-0.25, -0.2) is 4.98 Å². The predicted octanol–water partition coefficient (Wildman–Crippen LogP) is 0.529. The second-order valence-corrected chi connectivity index (χ2v) is 2.69. The van der Waals surface area contributed by atoms with Gasteiger partial charge in [0.25, 0.3) is 5.56 Å². The third-order valence-corrected chi connectivity index (χ3v) is 1.64. The van der Waals surface area contributed by atoms with Crippen LogP contribution in [0.5, 0.6) is 0 Å². The lowest BCUT2D eigenvalue weighted by Crippen LogP contribution is -2.19. The van der Waals surface area contributed by atoms with E-state index < -0.39 is 0 Å². The van der Waals surface area contributed by atoms with Crippen molar-refractivity contribution >= 4 is 15.9 Å². The van der Waals surface area contributed by atoms with Crippen molar-refractivity contribution in [1.82, 2.24) is 9.55 Å². The maximum atomic E-state index is 11.1. The first-order valence-corrected chi connectivity index (χ1v) is 3.62. The Morgan fingerprint density at radius 3 is 3.18 bits per heavy atom. The molecule has 0 saturated carbocycles. The Morgan fingerprint density at radius 1 is 1.82 bits per heavy atom. The Morgan fingerprint density at radius 2 is 2.55 bits per heavy atom. The van der Waals surface area contributed by atoms with Gasteiger partial charge in [0, 0.05) is 6.20 Å². The topological polar surface area (TPSA) is 58.7 Å². The summed E-state index contributed by atoms with van der Waals surface area (Å²) in [6.07, 6.45) is 2.73. The van der Waals surface area contributed by atoms with Crippen molar-refractivity contribution in [2.24, 2.45) is 0 Å². The summed E-state index contributed by atoms with van der Waals surface area (Å²) in [6.45, 7) is 0.0330. The molecule has 0 atom stereocenters. The third-order valence-electron chi connectivity index (χ3n) is 1.10. The summed E-state index contributed by atoms with van der Waals surface area (Å²) >= 11 is 3.01. The van der Waals surface area contributed by atoms with Crippen LogP contribution in [0, 0.1) is 11.3 Å². The van der Waals surface area contributed by atoms with E-state index in [0.717, 1.165) is 0 Å². The first kappa shape index (κ1) is 7.95.